The maximum absolute atomic E-state index is 13.3. The number of amides is 1. The van der Waals surface area contributed by atoms with Crippen molar-refractivity contribution in [1.82, 2.24) is 10.2 Å². The van der Waals surface area contributed by atoms with E-state index in [-0.39, 0.29) is 18.0 Å². The van der Waals surface area contributed by atoms with Gasteiger partial charge in [-0.15, -0.1) is 0 Å². The van der Waals surface area contributed by atoms with Crippen LogP contribution >= 0.6 is 0 Å². The van der Waals surface area contributed by atoms with Gasteiger partial charge in [-0.2, -0.15) is 0 Å². The van der Waals surface area contributed by atoms with Gasteiger partial charge in [0.25, 0.3) is 0 Å². The van der Waals surface area contributed by atoms with E-state index < -0.39 is 5.60 Å². The number of carbonyl (C=O) groups is 1. The number of nitrogens with one attached hydrogen (secondary N) is 1. The molecule has 0 radical (unpaired) electrons. The van der Waals surface area contributed by atoms with Crippen molar-refractivity contribution in [3.8, 4) is 0 Å². The molecule has 1 amide bonds. The monoisotopic (exact) mass is 336 g/mol. The number of hydrogen-bond donors (Lipinski definition) is 1. The molecule has 1 heterocycles. The summed E-state index contributed by atoms with van der Waals surface area (Å²) in [7, 11) is 1.94. The SMILES string of the molecule is CNC(Cc1ccc(F)cc1C)C1CCN(C(=O)OC(C)(C)C)C1. The molecule has 0 bridgehead atoms. The number of ether oxygens (including phenoxy) is 1. The number of halogens is 1. The molecule has 4 nitrogen and oxygen atoms in total. The first-order valence-electron chi connectivity index (χ1n) is 8.60. The average Bonchev–Trinajstić information content (AvgIpc) is 2.94. The summed E-state index contributed by atoms with van der Waals surface area (Å²) in [5.74, 6) is 0.168. The van der Waals surface area contributed by atoms with Gasteiger partial charge in [0.15, 0.2) is 0 Å². The van der Waals surface area contributed by atoms with Crippen molar-refractivity contribution in [2.45, 2.75) is 52.2 Å². The zero-order valence-corrected chi connectivity index (χ0v) is 15.4. The van der Waals surface area contributed by atoms with E-state index in [0.29, 0.717) is 12.5 Å². The van der Waals surface area contributed by atoms with Crippen molar-refractivity contribution in [2.75, 3.05) is 20.1 Å². The number of likely N-dealkylation sites (tertiary alicyclic amines) is 1. The third-order valence-corrected chi connectivity index (χ3v) is 4.56. The number of carbonyl (C=O) groups excluding carboxylic acids is 1. The number of rotatable bonds is 4. The Kier molecular flexibility index (Phi) is 5.86. The second kappa shape index (κ2) is 7.51. The Morgan fingerprint density at radius 1 is 1.46 bits per heavy atom. The smallest absolute Gasteiger partial charge is 0.410 e. The lowest BCUT2D eigenvalue weighted by Crippen LogP contribution is -2.39. The topological polar surface area (TPSA) is 41.6 Å². The molecular weight excluding hydrogens is 307 g/mol. The van der Waals surface area contributed by atoms with Gasteiger partial charge in [-0.05, 0) is 76.8 Å². The first-order valence-corrected chi connectivity index (χ1v) is 8.60. The Morgan fingerprint density at radius 2 is 2.17 bits per heavy atom. The third kappa shape index (κ3) is 4.94. The van der Waals surface area contributed by atoms with Crippen LogP contribution < -0.4 is 5.32 Å². The Morgan fingerprint density at radius 3 is 2.75 bits per heavy atom. The van der Waals surface area contributed by atoms with Gasteiger partial charge in [-0.3, -0.25) is 0 Å². The summed E-state index contributed by atoms with van der Waals surface area (Å²) in [6.45, 7) is 9.00. The fourth-order valence-corrected chi connectivity index (χ4v) is 3.24. The minimum atomic E-state index is -0.469. The predicted octanol–water partition coefficient (Wildman–Crippen LogP) is 3.52. The van der Waals surface area contributed by atoms with Crippen LogP contribution in [0.4, 0.5) is 9.18 Å². The van der Waals surface area contributed by atoms with Crippen molar-refractivity contribution in [2.24, 2.45) is 5.92 Å². The number of nitrogens with zero attached hydrogens (tertiary/aromatic N) is 1. The quantitative estimate of drug-likeness (QED) is 0.915. The zero-order chi connectivity index (χ0) is 17.9. The summed E-state index contributed by atoms with van der Waals surface area (Å²) < 4.78 is 18.7. The number of benzene rings is 1. The summed E-state index contributed by atoms with van der Waals surface area (Å²) in [6, 6.07) is 5.19. The second-order valence-electron chi connectivity index (χ2n) is 7.65. The van der Waals surface area contributed by atoms with E-state index in [2.05, 4.69) is 5.32 Å². The second-order valence-corrected chi connectivity index (χ2v) is 7.65. The molecule has 0 saturated carbocycles. The standard InChI is InChI=1S/C19H29FN2O2/c1-13-10-16(20)7-6-14(13)11-17(21-5)15-8-9-22(12-15)18(23)24-19(2,3)4/h6-7,10,15,17,21H,8-9,11-12H2,1-5H3. The summed E-state index contributed by atoms with van der Waals surface area (Å²) in [4.78, 5) is 14.0. The Hall–Kier alpha value is -1.62. The normalized spacial score (nSPS) is 19.4. The van der Waals surface area contributed by atoms with Crippen LogP contribution in [0.15, 0.2) is 18.2 Å². The van der Waals surface area contributed by atoms with Crippen LogP contribution in [0.2, 0.25) is 0 Å². The summed E-state index contributed by atoms with van der Waals surface area (Å²) in [5.41, 5.74) is 1.65. The Balaban J connectivity index is 1.98. The molecule has 5 heteroatoms. The lowest BCUT2D eigenvalue weighted by molar-refractivity contribution is 0.0285. The predicted molar refractivity (Wildman–Crippen MR) is 93.6 cm³/mol. The fraction of sp³-hybridized carbons (Fsp3) is 0.632. The summed E-state index contributed by atoms with van der Waals surface area (Å²) in [6.07, 6.45) is 1.54. The van der Waals surface area contributed by atoms with Crippen molar-refractivity contribution < 1.29 is 13.9 Å². The third-order valence-electron chi connectivity index (χ3n) is 4.56. The molecule has 1 aliphatic rings. The van der Waals surface area contributed by atoms with Gasteiger partial charge < -0.3 is 15.0 Å². The highest BCUT2D eigenvalue weighted by molar-refractivity contribution is 5.68. The van der Waals surface area contributed by atoms with Crippen LogP contribution in [0.25, 0.3) is 0 Å². The van der Waals surface area contributed by atoms with Crippen LogP contribution in [0.1, 0.15) is 38.3 Å². The summed E-state index contributed by atoms with van der Waals surface area (Å²) in [5, 5.41) is 3.37. The summed E-state index contributed by atoms with van der Waals surface area (Å²) >= 11 is 0. The maximum Gasteiger partial charge on any atom is 0.410 e. The molecule has 1 N–H and O–H groups in total. The van der Waals surface area contributed by atoms with E-state index in [4.69, 9.17) is 4.74 Å². The number of hydrogen-bond acceptors (Lipinski definition) is 3. The average molecular weight is 336 g/mol. The molecule has 1 saturated heterocycles. The molecule has 2 rings (SSSR count). The van der Waals surface area contributed by atoms with Crippen molar-refractivity contribution >= 4 is 6.09 Å². The fourth-order valence-electron chi connectivity index (χ4n) is 3.24. The van der Waals surface area contributed by atoms with E-state index in [1.807, 2.05) is 40.8 Å². The van der Waals surface area contributed by atoms with E-state index in [9.17, 15) is 9.18 Å². The minimum absolute atomic E-state index is 0.200. The van der Waals surface area contributed by atoms with E-state index >= 15 is 0 Å². The minimum Gasteiger partial charge on any atom is -0.444 e. The van der Waals surface area contributed by atoms with Crippen LogP contribution in [0.5, 0.6) is 0 Å². The lowest BCUT2D eigenvalue weighted by atomic mass is 9.91. The Bertz CT molecular complexity index is 583. The van der Waals surface area contributed by atoms with Gasteiger partial charge in [-0.1, -0.05) is 6.07 Å². The van der Waals surface area contributed by atoms with Gasteiger partial charge in [-0.25, -0.2) is 9.18 Å². The van der Waals surface area contributed by atoms with Crippen LogP contribution in [-0.2, 0) is 11.2 Å². The zero-order valence-electron chi connectivity index (χ0n) is 15.4. The largest absolute Gasteiger partial charge is 0.444 e. The highest BCUT2D eigenvalue weighted by Gasteiger charge is 2.33. The highest BCUT2D eigenvalue weighted by Crippen LogP contribution is 2.25. The lowest BCUT2D eigenvalue weighted by Gasteiger charge is -2.26. The van der Waals surface area contributed by atoms with Gasteiger partial charge in [0.2, 0.25) is 0 Å². The molecule has 0 aromatic heterocycles. The van der Waals surface area contributed by atoms with Crippen LogP contribution in [0.3, 0.4) is 0 Å². The number of likely N-dealkylation sites (N-methyl/N-ethyl adjacent to an activating group) is 1. The number of aryl methyl sites for hydroxylation is 1. The maximum atomic E-state index is 13.3. The highest BCUT2D eigenvalue weighted by atomic mass is 19.1. The molecule has 0 spiro atoms. The van der Waals surface area contributed by atoms with Gasteiger partial charge in [0, 0.05) is 19.1 Å². The molecule has 1 aromatic rings. The van der Waals surface area contributed by atoms with Crippen LogP contribution in [-0.4, -0.2) is 42.8 Å². The molecule has 1 fully saturated rings. The van der Waals surface area contributed by atoms with Crippen molar-refractivity contribution in [1.29, 1.82) is 0 Å². The van der Waals surface area contributed by atoms with Gasteiger partial charge in [0.05, 0.1) is 0 Å². The Labute approximate surface area is 144 Å². The molecule has 24 heavy (non-hydrogen) atoms. The molecule has 134 valence electrons. The van der Waals surface area contributed by atoms with Crippen molar-refractivity contribution in [3.05, 3.63) is 35.1 Å². The molecule has 2 atom stereocenters. The molecule has 2 unspecified atom stereocenters. The van der Waals surface area contributed by atoms with E-state index in [1.165, 1.54) is 6.07 Å². The van der Waals surface area contributed by atoms with Gasteiger partial charge in [0.1, 0.15) is 11.4 Å². The van der Waals surface area contributed by atoms with Crippen molar-refractivity contribution in [3.63, 3.8) is 0 Å². The van der Waals surface area contributed by atoms with E-state index in [1.54, 1.807) is 11.0 Å². The first-order chi connectivity index (χ1) is 11.2. The molecular formula is C19H29FN2O2. The first kappa shape index (κ1) is 18.7. The van der Waals surface area contributed by atoms with Gasteiger partial charge >= 0.3 is 6.09 Å². The molecule has 0 aliphatic carbocycles. The molecule has 1 aliphatic heterocycles. The molecule has 1 aromatic carbocycles. The van der Waals surface area contributed by atoms with Crippen LogP contribution in [0, 0.1) is 18.7 Å². The van der Waals surface area contributed by atoms with E-state index in [0.717, 1.165) is 30.5 Å².